The minimum Gasteiger partial charge on any atom is -0.375 e. The predicted molar refractivity (Wildman–Crippen MR) is 25.3 cm³/mol. The first-order chi connectivity index (χ1) is 4.46. The Balaban J connectivity index is 2.70. The zero-order valence-corrected chi connectivity index (χ0v) is 5.04. The smallest absolute Gasteiger partial charge is 0.332 e. The summed E-state index contributed by atoms with van der Waals surface area (Å²) in [7, 11) is 0. The molecule has 1 aliphatic heterocycles. The molecule has 0 radical (unpaired) electrons. The van der Waals surface area contributed by atoms with Crippen LogP contribution >= 0.6 is 0 Å². The molecule has 0 spiro atoms. The maximum absolute atomic E-state index is 12.2. The van der Waals surface area contributed by atoms with Crippen molar-refractivity contribution in [3.05, 3.63) is 0 Å². The zero-order chi connectivity index (χ0) is 7.83. The van der Waals surface area contributed by atoms with Gasteiger partial charge in [0, 0.05) is 6.42 Å². The Kier molecular flexibility index (Phi) is 1.62. The Morgan fingerprint density at radius 3 is 1.90 bits per heavy atom. The molecule has 1 heterocycles. The minimum absolute atomic E-state index is 0.289. The van der Waals surface area contributed by atoms with Gasteiger partial charge in [0.05, 0.1) is 6.61 Å². The third-order valence-corrected chi connectivity index (χ3v) is 1.38. The van der Waals surface area contributed by atoms with Crippen LogP contribution in [0.1, 0.15) is 6.42 Å². The molecule has 0 atom stereocenters. The Labute approximate surface area is 55.0 Å². The van der Waals surface area contributed by atoms with Crippen molar-refractivity contribution in [3.8, 4) is 0 Å². The number of alkyl halides is 4. The summed E-state index contributed by atoms with van der Waals surface area (Å²) in [5.41, 5.74) is 0. The monoisotopic (exact) mass is 158 g/mol. The van der Waals surface area contributed by atoms with Gasteiger partial charge in [0.15, 0.2) is 0 Å². The average Bonchev–Trinajstić information content (AvgIpc) is 1.77. The fraction of sp³-hybridized carbons (Fsp3) is 1.00. The van der Waals surface area contributed by atoms with Crippen LogP contribution in [-0.2, 0) is 4.74 Å². The third-order valence-electron chi connectivity index (χ3n) is 1.38. The number of rotatable bonds is 0. The van der Waals surface area contributed by atoms with Crippen LogP contribution in [0.5, 0.6) is 0 Å². The molecular formula is C5H6F4O. The normalized spacial score (nSPS) is 30.0. The molecule has 1 rings (SSSR count). The van der Waals surface area contributed by atoms with Crippen LogP contribution in [0.2, 0.25) is 0 Å². The summed E-state index contributed by atoms with van der Waals surface area (Å²) in [5, 5.41) is 0. The van der Waals surface area contributed by atoms with Crippen molar-refractivity contribution >= 4 is 0 Å². The summed E-state index contributed by atoms with van der Waals surface area (Å²) >= 11 is 0. The van der Waals surface area contributed by atoms with Crippen LogP contribution in [0, 0.1) is 0 Å². The van der Waals surface area contributed by atoms with E-state index in [2.05, 4.69) is 4.74 Å². The largest absolute Gasteiger partial charge is 0.375 e. The molecule has 1 aliphatic rings. The molecule has 1 fully saturated rings. The molecule has 1 nitrogen and oxygen atoms in total. The number of hydrogen-bond acceptors (Lipinski definition) is 1. The van der Waals surface area contributed by atoms with E-state index in [0.717, 1.165) is 0 Å². The lowest BCUT2D eigenvalue weighted by atomic mass is 10.1. The van der Waals surface area contributed by atoms with E-state index in [1.54, 1.807) is 0 Å². The molecule has 10 heavy (non-hydrogen) atoms. The van der Waals surface area contributed by atoms with Crippen LogP contribution in [0.3, 0.4) is 0 Å². The Morgan fingerprint density at radius 2 is 1.60 bits per heavy atom. The standard InChI is InChI=1S/C5H6F4O/c6-4(7)1-2-10-3-5(4,8)9/h1-3H2. The highest BCUT2D eigenvalue weighted by Gasteiger charge is 2.57. The van der Waals surface area contributed by atoms with Crippen LogP contribution in [0.25, 0.3) is 0 Å². The van der Waals surface area contributed by atoms with E-state index in [1.807, 2.05) is 0 Å². The first-order valence-corrected chi connectivity index (χ1v) is 2.79. The molecular weight excluding hydrogens is 152 g/mol. The summed E-state index contributed by atoms with van der Waals surface area (Å²) in [6, 6.07) is 0. The van der Waals surface area contributed by atoms with Crippen molar-refractivity contribution in [2.24, 2.45) is 0 Å². The predicted octanol–water partition coefficient (Wildman–Crippen LogP) is 1.68. The Hall–Kier alpha value is -0.320. The molecule has 0 bridgehead atoms. The first kappa shape index (κ1) is 7.78. The first-order valence-electron chi connectivity index (χ1n) is 2.79. The van der Waals surface area contributed by atoms with Gasteiger partial charge >= 0.3 is 11.8 Å². The zero-order valence-electron chi connectivity index (χ0n) is 5.04. The second-order valence-electron chi connectivity index (χ2n) is 2.21. The SMILES string of the molecule is FC1(F)CCOCC1(F)F. The molecule has 0 aromatic heterocycles. The summed E-state index contributed by atoms with van der Waals surface area (Å²) in [5.74, 6) is -7.86. The van der Waals surface area contributed by atoms with Gasteiger partial charge in [0.2, 0.25) is 0 Å². The highest BCUT2D eigenvalue weighted by atomic mass is 19.3. The molecule has 5 heteroatoms. The van der Waals surface area contributed by atoms with Gasteiger partial charge in [-0.1, -0.05) is 0 Å². The molecule has 0 unspecified atom stereocenters. The molecule has 60 valence electrons. The quantitative estimate of drug-likeness (QED) is 0.487. The van der Waals surface area contributed by atoms with E-state index in [4.69, 9.17) is 0 Å². The van der Waals surface area contributed by atoms with Crippen LogP contribution in [0.15, 0.2) is 0 Å². The van der Waals surface area contributed by atoms with E-state index in [-0.39, 0.29) is 6.61 Å². The molecule has 0 aromatic carbocycles. The molecule has 1 saturated heterocycles. The topological polar surface area (TPSA) is 9.23 Å². The van der Waals surface area contributed by atoms with Crippen molar-refractivity contribution in [1.29, 1.82) is 0 Å². The van der Waals surface area contributed by atoms with E-state index in [1.165, 1.54) is 0 Å². The van der Waals surface area contributed by atoms with Gasteiger partial charge < -0.3 is 4.74 Å². The van der Waals surface area contributed by atoms with Crippen LogP contribution < -0.4 is 0 Å². The number of ether oxygens (including phenoxy) is 1. The number of hydrogen-bond donors (Lipinski definition) is 0. The Bertz CT molecular complexity index is 118. The van der Waals surface area contributed by atoms with Gasteiger partial charge in [-0.05, 0) is 0 Å². The van der Waals surface area contributed by atoms with E-state index in [0.29, 0.717) is 0 Å². The minimum atomic E-state index is -3.98. The maximum atomic E-state index is 12.2. The van der Waals surface area contributed by atoms with Crippen molar-refractivity contribution in [2.45, 2.75) is 18.3 Å². The van der Waals surface area contributed by atoms with E-state index < -0.39 is 24.9 Å². The highest BCUT2D eigenvalue weighted by molar-refractivity contribution is 4.87. The fourth-order valence-corrected chi connectivity index (χ4v) is 0.689. The van der Waals surface area contributed by atoms with Crippen molar-refractivity contribution in [3.63, 3.8) is 0 Å². The maximum Gasteiger partial charge on any atom is 0.332 e. The lowest BCUT2D eigenvalue weighted by molar-refractivity contribution is -0.265. The summed E-state index contributed by atoms with van der Waals surface area (Å²) in [4.78, 5) is 0. The molecule has 0 aliphatic carbocycles. The average molecular weight is 158 g/mol. The summed E-state index contributed by atoms with van der Waals surface area (Å²) in [6.07, 6.45) is -0.889. The molecule has 0 N–H and O–H groups in total. The summed E-state index contributed by atoms with van der Waals surface area (Å²) in [6.45, 7) is -1.46. The lowest BCUT2D eigenvalue weighted by Crippen LogP contribution is -2.48. The van der Waals surface area contributed by atoms with Crippen molar-refractivity contribution in [2.75, 3.05) is 13.2 Å². The fourth-order valence-electron chi connectivity index (χ4n) is 0.689. The second-order valence-corrected chi connectivity index (χ2v) is 2.21. The lowest BCUT2D eigenvalue weighted by Gasteiger charge is -2.30. The van der Waals surface area contributed by atoms with Crippen LogP contribution in [-0.4, -0.2) is 25.1 Å². The third kappa shape index (κ3) is 1.10. The number of halogens is 4. The van der Waals surface area contributed by atoms with Gasteiger partial charge in [-0.25, -0.2) is 0 Å². The molecule has 0 aromatic rings. The van der Waals surface area contributed by atoms with Gasteiger partial charge in [0.1, 0.15) is 6.61 Å². The van der Waals surface area contributed by atoms with Gasteiger partial charge in [-0.3, -0.25) is 0 Å². The summed E-state index contributed by atoms with van der Waals surface area (Å²) < 4.78 is 52.7. The van der Waals surface area contributed by atoms with Crippen molar-refractivity contribution in [1.82, 2.24) is 0 Å². The highest BCUT2D eigenvalue weighted by Crippen LogP contribution is 2.39. The Morgan fingerprint density at radius 1 is 1.00 bits per heavy atom. The van der Waals surface area contributed by atoms with Gasteiger partial charge in [-0.15, -0.1) is 0 Å². The van der Waals surface area contributed by atoms with Gasteiger partial charge in [0.25, 0.3) is 0 Å². The van der Waals surface area contributed by atoms with Gasteiger partial charge in [-0.2, -0.15) is 17.6 Å². The second kappa shape index (κ2) is 2.08. The molecule has 0 saturated carbocycles. The van der Waals surface area contributed by atoms with E-state index in [9.17, 15) is 17.6 Å². The van der Waals surface area contributed by atoms with Crippen LogP contribution in [0.4, 0.5) is 17.6 Å². The van der Waals surface area contributed by atoms with E-state index >= 15 is 0 Å². The van der Waals surface area contributed by atoms with Crippen molar-refractivity contribution < 1.29 is 22.3 Å². The molecule has 0 amide bonds.